The number of carbonyl (C=O) groups excluding carboxylic acids is 1. The number of rotatable bonds is 8. The standard InChI is InChI=1S/C28H29N3O4S2/c1-2-29-27(33)30-21-13-11-20(12-14-21)26-34-22(15-24(35-26)19-9-7-18(16-32)8-10-19)17-36-28-31-23-5-3-4-6-25(23)37-28/h3-14,22,24,26,32H,2,15-17H2,1H3,(H2,29,30,33)/t22-,24+,26+/m1/s1. The van der Waals surface area contributed by atoms with E-state index in [0.29, 0.717) is 18.7 Å². The summed E-state index contributed by atoms with van der Waals surface area (Å²) in [5.74, 6) is 0.752. The summed E-state index contributed by atoms with van der Waals surface area (Å²) < 4.78 is 15.0. The molecule has 0 aliphatic carbocycles. The van der Waals surface area contributed by atoms with Gasteiger partial charge in [-0.25, -0.2) is 9.78 Å². The van der Waals surface area contributed by atoms with Crippen LogP contribution < -0.4 is 10.6 Å². The van der Waals surface area contributed by atoms with Gasteiger partial charge in [0, 0.05) is 30.0 Å². The van der Waals surface area contributed by atoms with Crippen LogP contribution in [0.4, 0.5) is 10.5 Å². The second-order valence-electron chi connectivity index (χ2n) is 8.72. The van der Waals surface area contributed by atoms with E-state index < -0.39 is 6.29 Å². The number of carbonyl (C=O) groups is 1. The van der Waals surface area contributed by atoms with E-state index in [1.807, 2.05) is 73.7 Å². The number of aliphatic hydroxyl groups excluding tert-OH is 1. The Hall–Kier alpha value is -2.95. The minimum absolute atomic E-state index is 0.00956. The van der Waals surface area contributed by atoms with E-state index in [1.165, 1.54) is 4.70 Å². The van der Waals surface area contributed by atoms with Gasteiger partial charge >= 0.3 is 6.03 Å². The Morgan fingerprint density at radius 1 is 1.05 bits per heavy atom. The van der Waals surface area contributed by atoms with Gasteiger partial charge in [0.15, 0.2) is 10.6 Å². The van der Waals surface area contributed by atoms with Crippen molar-refractivity contribution in [1.29, 1.82) is 0 Å². The van der Waals surface area contributed by atoms with Gasteiger partial charge in [0.25, 0.3) is 0 Å². The van der Waals surface area contributed by atoms with E-state index in [0.717, 1.165) is 32.3 Å². The molecule has 0 unspecified atom stereocenters. The van der Waals surface area contributed by atoms with Crippen molar-refractivity contribution in [2.24, 2.45) is 0 Å². The Labute approximate surface area is 224 Å². The number of aromatic nitrogens is 1. The number of ether oxygens (including phenoxy) is 2. The minimum Gasteiger partial charge on any atom is -0.392 e. The van der Waals surface area contributed by atoms with Gasteiger partial charge in [0.05, 0.1) is 29.0 Å². The molecule has 7 nitrogen and oxygen atoms in total. The van der Waals surface area contributed by atoms with Crippen molar-refractivity contribution in [3.63, 3.8) is 0 Å². The highest BCUT2D eigenvalue weighted by Crippen LogP contribution is 2.40. The van der Waals surface area contributed by atoms with Crippen molar-refractivity contribution in [2.75, 3.05) is 17.6 Å². The molecule has 0 spiro atoms. The molecule has 2 amide bonds. The molecule has 0 saturated carbocycles. The number of nitrogens with zero attached hydrogens (tertiary/aromatic N) is 1. The van der Waals surface area contributed by atoms with E-state index in [-0.39, 0.29) is 24.8 Å². The molecule has 4 aromatic rings. The van der Waals surface area contributed by atoms with Crippen LogP contribution >= 0.6 is 23.1 Å². The molecule has 37 heavy (non-hydrogen) atoms. The molecule has 1 aromatic heterocycles. The third-order valence-electron chi connectivity index (χ3n) is 6.06. The average Bonchev–Trinajstić information content (AvgIpc) is 3.35. The predicted molar refractivity (Wildman–Crippen MR) is 148 cm³/mol. The van der Waals surface area contributed by atoms with Crippen LogP contribution in [0.5, 0.6) is 0 Å². The molecule has 1 saturated heterocycles. The Morgan fingerprint density at radius 2 is 1.81 bits per heavy atom. The molecule has 1 fully saturated rings. The number of amides is 2. The summed E-state index contributed by atoms with van der Waals surface area (Å²) in [6, 6.07) is 23.3. The molecule has 192 valence electrons. The lowest BCUT2D eigenvalue weighted by atomic mass is 10.0. The van der Waals surface area contributed by atoms with Crippen molar-refractivity contribution in [3.8, 4) is 0 Å². The van der Waals surface area contributed by atoms with Crippen molar-refractivity contribution in [2.45, 2.75) is 42.8 Å². The van der Waals surface area contributed by atoms with Gasteiger partial charge in [-0.2, -0.15) is 0 Å². The zero-order valence-corrected chi connectivity index (χ0v) is 22.1. The van der Waals surface area contributed by atoms with Crippen LogP contribution in [-0.4, -0.2) is 34.5 Å². The summed E-state index contributed by atoms with van der Waals surface area (Å²) in [4.78, 5) is 16.6. The third-order valence-corrected chi connectivity index (χ3v) is 8.37. The van der Waals surface area contributed by atoms with Crippen LogP contribution in [0.15, 0.2) is 77.1 Å². The smallest absolute Gasteiger partial charge is 0.319 e. The molecule has 3 atom stereocenters. The number of fused-ring (bicyclic) bond motifs is 1. The number of thiazole rings is 1. The quantitative estimate of drug-likeness (QED) is 0.230. The van der Waals surface area contributed by atoms with E-state index in [9.17, 15) is 9.90 Å². The number of aliphatic hydroxyl groups is 1. The lowest BCUT2D eigenvalue weighted by molar-refractivity contribution is -0.245. The minimum atomic E-state index is -0.546. The van der Waals surface area contributed by atoms with E-state index >= 15 is 0 Å². The van der Waals surface area contributed by atoms with Crippen LogP contribution in [0, 0.1) is 0 Å². The van der Waals surface area contributed by atoms with Crippen LogP contribution in [0.25, 0.3) is 10.2 Å². The molecule has 3 aromatic carbocycles. The first-order chi connectivity index (χ1) is 18.1. The first kappa shape index (κ1) is 25.7. The van der Waals surface area contributed by atoms with Gasteiger partial charge in [-0.3, -0.25) is 0 Å². The summed E-state index contributed by atoms with van der Waals surface area (Å²) in [5.41, 5.74) is 4.52. The van der Waals surface area contributed by atoms with Gasteiger partial charge in [-0.1, -0.05) is 60.3 Å². The number of anilines is 1. The summed E-state index contributed by atoms with van der Waals surface area (Å²) in [6.45, 7) is 2.44. The second kappa shape index (κ2) is 12.1. The molecule has 0 radical (unpaired) electrons. The van der Waals surface area contributed by atoms with Crippen molar-refractivity contribution >= 4 is 45.0 Å². The van der Waals surface area contributed by atoms with Crippen LogP contribution in [0.1, 0.15) is 42.4 Å². The SMILES string of the molecule is CCNC(=O)Nc1ccc([C@H]2O[C@@H](CSc3nc4ccccc4s3)C[C@@H](c3ccc(CO)cc3)O2)cc1. The lowest BCUT2D eigenvalue weighted by Crippen LogP contribution is -2.31. The number of hydrogen-bond acceptors (Lipinski definition) is 7. The van der Waals surface area contributed by atoms with Crippen LogP contribution in [0.2, 0.25) is 0 Å². The second-order valence-corrected chi connectivity index (χ2v) is 11.0. The molecule has 5 rings (SSSR count). The summed E-state index contributed by atoms with van der Waals surface area (Å²) in [6.07, 6.45) is -0.0354. The molecular weight excluding hydrogens is 506 g/mol. The lowest BCUT2D eigenvalue weighted by Gasteiger charge is -2.36. The maximum atomic E-state index is 11.8. The number of thioether (sulfide) groups is 1. The fourth-order valence-electron chi connectivity index (χ4n) is 4.16. The molecule has 0 bridgehead atoms. The van der Waals surface area contributed by atoms with Crippen molar-refractivity contribution < 1.29 is 19.4 Å². The van der Waals surface area contributed by atoms with Gasteiger partial charge in [-0.05, 0) is 42.3 Å². The molecule has 1 aliphatic rings. The number of urea groups is 1. The monoisotopic (exact) mass is 535 g/mol. The van der Waals surface area contributed by atoms with E-state index in [4.69, 9.17) is 14.5 Å². The van der Waals surface area contributed by atoms with Crippen LogP contribution in [0.3, 0.4) is 0 Å². The predicted octanol–water partition coefficient (Wildman–Crippen LogP) is 6.27. The molecule has 2 heterocycles. The maximum Gasteiger partial charge on any atom is 0.319 e. The molecule has 3 N–H and O–H groups in total. The Morgan fingerprint density at radius 3 is 2.54 bits per heavy atom. The first-order valence-electron chi connectivity index (χ1n) is 12.2. The highest BCUT2D eigenvalue weighted by atomic mass is 32.2. The summed E-state index contributed by atoms with van der Waals surface area (Å²) >= 11 is 3.40. The highest BCUT2D eigenvalue weighted by molar-refractivity contribution is 8.01. The molecule has 1 aliphatic heterocycles. The first-order valence-corrected chi connectivity index (χ1v) is 14.0. The third kappa shape index (κ3) is 6.49. The summed E-state index contributed by atoms with van der Waals surface area (Å²) in [7, 11) is 0. The Bertz CT molecular complexity index is 1290. The number of hydrogen-bond donors (Lipinski definition) is 3. The number of para-hydroxylation sites is 1. The van der Waals surface area contributed by atoms with Crippen LogP contribution in [-0.2, 0) is 16.1 Å². The van der Waals surface area contributed by atoms with Gasteiger partial charge in [0.2, 0.25) is 0 Å². The average molecular weight is 536 g/mol. The van der Waals surface area contributed by atoms with Gasteiger partial charge < -0.3 is 25.2 Å². The van der Waals surface area contributed by atoms with Gasteiger partial charge in [0.1, 0.15) is 0 Å². The van der Waals surface area contributed by atoms with E-state index in [1.54, 1.807) is 23.1 Å². The largest absolute Gasteiger partial charge is 0.392 e. The van der Waals surface area contributed by atoms with E-state index in [2.05, 4.69) is 16.7 Å². The highest BCUT2D eigenvalue weighted by Gasteiger charge is 2.32. The fourth-order valence-corrected chi connectivity index (χ4v) is 6.27. The summed E-state index contributed by atoms with van der Waals surface area (Å²) in [5, 5.41) is 15.0. The number of benzene rings is 3. The topological polar surface area (TPSA) is 92.7 Å². The zero-order chi connectivity index (χ0) is 25.6. The maximum absolute atomic E-state index is 11.8. The molecular formula is C28H29N3O4S2. The van der Waals surface area contributed by atoms with Gasteiger partial charge in [-0.15, -0.1) is 11.3 Å². The zero-order valence-electron chi connectivity index (χ0n) is 20.4. The molecule has 9 heteroatoms. The fraction of sp³-hybridized carbons (Fsp3) is 0.286. The van der Waals surface area contributed by atoms with Crippen molar-refractivity contribution in [1.82, 2.24) is 10.3 Å². The Balaban J connectivity index is 1.32. The normalized spacial score (nSPS) is 19.6. The van der Waals surface area contributed by atoms with Crippen molar-refractivity contribution in [3.05, 3.63) is 89.5 Å². The Kier molecular flexibility index (Phi) is 8.38. The number of nitrogens with one attached hydrogen (secondary N) is 2.